The van der Waals surface area contributed by atoms with Crippen LogP contribution in [0.5, 0.6) is 0 Å². The van der Waals surface area contributed by atoms with Gasteiger partial charge in [0.15, 0.2) is 0 Å². The molecule has 1 aromatic carbocycles. The molecule has 1 aromatic heterocycles. The van der Waals surface area contributed by atoms with E-state index in [1.807, 2.05) is 4.90 Å². The number of carbonyl (C=O) groups is 1. The number of amides is 1. The monoisotopic (exact) mass is 486 g/mol. The molecule has 1 saturated heterocycles. The fraction of sp³-hybridized carbons (Fsp3) is 0.278. The van der Waals surface area contributed by atoms with Gasteiger partial charge in [-0.15, -0.1) is 0 Å². The standard InChI is InChI=1S/C18H14BrCl3N4O/c19-15-12-25(10-11-26(15)17-23-8-1-9-24-17)16(27)7-4-13-2-5-14(6-3-13)18(20,21)22/h1-3,5-6,8-9,15H,10-12H2. The predicted molar refractivity (Wildman–Crippen MR) is 111 cm³/mol. The van der Waals surface area contributed by atoms with Crippen LogP contribution in [-0.2, 0) is 8.59 Å². The van der Waals surface area contributed by atoms with E-state index >= 15 is 0 Å². The minimum absolute atomic E-state index is 0.0806. The van der Waals surface area contributed by atoms with Crippen molar-refractivity contribution in [2.75, 3.05) is 24.5 Å². The summed E-state index contributed by atoms with van der Waals surface area (Å²) in [5.41, 5.74) is 1.22. The Morgan fingerprint density at radius 2 is 1.81 bits per heavy atom. The van der Waals surface area contributed by atoms with Gasteiger partial charge in [-0.05, 0) is 18.2 Å². The van der Waals surface area contributed by atoms with Crippen LogP contribution >= 0.6 is 50.7 Å². The summed E-state index contributed by atoms with van der Waals surface area (Å²) in [4.78, 5) is 24.5. The molecule has 27 heavy (non-hydrogen) atoms. The van der Waals surface area contributed by atoms with Gasteiger partial charge in [-0.25, -0.2) is 9.97 Å². The molecule has 3 rings (SSSR count). The van der Waals surface area contributed by atoms with Gasteiger partial charge in [-0.2, -0.15) is 0 Å². The van der Waals surface area contributed by atoms with Gasteiger partial charge in [0.25, 0.3) is 5.91 Å². The molecule has 1 aliphatic rings. The molecule has 5 nitrogen and oxygen atoms in total. The van der Waals surface area contributed by atoms with E-state index in [9.17, 15) is 4.79 Å². The summed E-state index contributed by atoms with van der Waals surface area (Å²) < 4.78 is -1.48. The zero-order chi connectivity index (χ0) is 19.4. The van der Waals surface area contributed by atoms with Crippen molar-refractivity contribution < 1.29 is 4.79 Å². The highest BCUT2D eigenvalue weighted by molar-refractivity contribution is 9.09. The molecule has 9 heteroatoms. The molecule has 0 radical (unpaired) electrons. The third kappa shape index (κ3) is 5.26. The predicted octanol–water partition coefficient (Wildman–Crippen LogP) is 3.72. The van der Waals surface area contributed by atoms with Crippen LogP contribution in [0.2, 0.25) is 0 Å². The highest BCUT2D eigenvalue weighted by Gasteiger charge is 2.28. The van der Waals surface area contributed by atoms with Gasteiger partial charge >= 0.3 is 0 Å². The number of hydrogen-bond donors (Lipinski definition) is 0. The number of piperazine rings is 1. The second kappa shape index (κ2) is 8.66. The highest BCUT2D eigenvalue weighted by Crippen LogP contribution is 2.37. The summed E-state index contributed by atoms with van der Waals surface area (Å²) in [6.07, 6.45) is 3.39. The van der Waals surface area contributed by atoms with Gasteiger partial charge in [-0.3, -0.25) is 4.79 Å². The molecule has 2 heterocycles. The van der Waals surface area contributed by atoms with E-state index in [0.29, 0.717) is 36.7 Å². The maximum atomic E-state index is 12.4. The lowest BCUT2D eigenvalue weighted by Crippen LogP contribution is -2.52. The quantitative estimate of drug-likeness (QED) is 0.349. The van der Waals surface area contributed by atoms with E-state index in [1.165, 1.54) is 0 Å². The molecule has 0 N–H and O–H groups in total. The van der Waals surface area contributed by atoms with E-state index in [1.54, 1.807) is 47.6 Å². The largest absolute Gasteiger partial charge is 0.327 e. The van der Waals surface area contributed by atoms with Crippen LogP contribution in [-0.4, -0.2) is 45.4 Å². The number of anilines is 1. The Labute approximate surface area is 180 Å². The molecule has 1 fully saturated rings. The van der Waals surface area contributed by atoms with E-state index in [4.69, 9.17) is 34.8 Å². The summed E-state index contributed by atoms with van der Waals surface area (Å²) in [6.45, 7) is 1.64. The summed E-state index contributed by atoms with van der Waals surface area (Å²) in [5, 5.41) is 0. The number of rotatable bonds is 1. The fourth-order valence-corrected chi connectivity index (χ4v) is 3.65. The van der Waals surface area contributed by atoms with Crippen molar-refractivity contribution in [1.82, 2.24) is 14.9 Å². The molecular formula is C18H14BrCl3N4O. The van der Waals surface area contributed by atoms with Crippen molar-refractivity contribution in [3.05, 3.63) is 53.9 Å². The maximum Gasteiger partial charge on any atom is 0.298 e. The van der Waals surface area contributed by atoms with Crippen molar-refractivity contribution in [2.24, 2.45) is 0 Å². The summed E-state index contributed by atoms with van der Waals surface area (Å²) in [7, 11) is 0. The summed E-state index contributed by atoms with van der Waals surface area (Å²) >= 11 is 21.1. The van der Waals surface area contributed by atoms with Crippen LogP contribution < -0.4 is 4.90 Å². The minimum Gasteiger partial charge on any atom is -0.327 e. The Morgan fingerprint density at radius 1 is 1.15 bits per heavy atom. The second-order valence-corrected chi connectivity index (χ2v) is 9.09. The number of benzene rings is 1. The first-order valence-electron chi connectivity index (χ1n) is 8.00. The van der Waals surface area contributed by atoms with Crippen LogP contribution in [0.4, 0.5) is 5.95 Å². The van der Waals surface area contributed by atoms with Gasteiger partial charge in [0, 0.05) is 42.5 Å². The van der Waals surface area contributed by atoms with Crippen molar-refractivity contribution in [2.45, 2.75) is 8.74 Å². The van der Waals surface area contributed by atoms with Gasteiger partial charge in [-0.1, -0.05) is 68.8 Å². The van der Waals surface area contributed by atoms with Crippen molar-refractivity contribution in [1.29, 1.82) is 0 Å². The number of alkyl halides is 4. The highest BCUT2D eigenvalue weighted by atomic mass is 79.9. The van der Waals surface area contributed by atoms with Crippen LogP contribution in [0.1, 0.15) is 11.1 Å². The van der Waals surface area contributed by atoms with E-state index < -0.39 is 3.79 Å². The lowest BCUT2D eigenvalue weighted by atomic mass is 10.1. The zero-order valence-electron chi connectivity index (χ0n) is 13.9. The Morgan fingerprint density at radius 3 is 2.41 bits per heavy atom. The van der Waals surface area contributed by atoms with Crippen LogP contribution in [0.25, 0.3) is 0 Å². The number of halogens is 4. The first kappa shape index (κ1) is 20.2. The van der Waals surface area contributed by atoms with Crippen LogP contribution in [0.3, 0.4) is 0 Å². The van der Waals surface area contributed by atoms with Crippen molar-refractivity contribution in [3.8, 4) is 11.8 Å². The normalized spacial score (nSPS) is 17.3. The lowest BCUT2D eigenvalue weighted by Gasteiger charge is -2.37. The molecule has 1 unspecified atom stereocenters. The third-order valence-electron chi connectivity index (χ3n) is 3.94. The second-order valence-electron chi connectivity index (χ2n) is 5.75. The van der Waals surface area contributed by atoms with E-state index in [2.05, 4.69) is 37.7 Å². The molecule has 0 saturated carbocycles. The van der Waals surface area contributed by atoms with Gasteiger partial charge in [0.2, 0.25) is 9.74 Å². The smallest absolute Gasteiger partial charge is 0.298 e. The zero-order valence-corrected chi connectivity index (χ0v) is 17.8. The molecule has 1 aliphatic heterocycles. The van der Waals surface area contributed by atoms with E-state index in [-0.39, 0.29) is 10.9 Å². The molecular weight excluding hydrogens is 474 g/mol. The molecule has 0 aliphatic carbocycles. The lowest BCUT2D eigenvalue weighted by molar-refractivity contribution is -0.125. The maximum absolute atomic E-state index is 12.4. The average molecular weight is 489 g/mol. The molecule has 2 aromatic rings. The van der Waals surface area contributed by atoms with Gasteiger partial charge in [0.05, 0.1) is 6.54 Å². The Balaban J connectivity index is 1.62. The molecule has 1 atom stereocenters. The number of aromatic nitrogens is 2. The summed E-state index contributed by atoms with van der Waals surface area (Å²) in [5.74, 6) is 5.92. The van der Waals surface area contributed by atoms with E-state index in [0.717, 1.165) is 0 Å². The van der Waals surface area contributed by atoms with Crippen molar-refractivity contribution in [3.63, 3.8) is 0 Å². The Bertz CT molecular complexity index is 862. The first-order chi connectivity index (χ1) is 12.8. The Hall–Kier alpha value is -1.52. The number of nitrogens with zero attached hydrogens (tertiary/aromatic N) is 4. The third-order valence-corrected chi connectivity index (χ3v) is 5.38. The molecule has 0 spiro atoms. The molecule has 140 valence electrons. The fourth-order valence-electron chi connectivity index (χ4n) is 2.54. The first-order valence-corrected chi connectivity index (χ1v) is 10.1. The molecule has 0 bridgehead atoms. The van der Waals surface area contributed by atoms with Crippen molar-refractivity contribution >= 4 is 62.6 Å². The van der Waals surface area contributed by atoms with Gasteiger partial charge < -0.3 is 9.80 Å². The Kier molecular flexibility index (Phi) is 6.48. The SMILES string of the molecule is O=C(C#Cc1ccc(C(Cl)(Cl)Cl)cc1)N1CCN(c2ncccn2)C(Br)C1. The number of hydrogen-bond acceptors (Lipinski definition) is 4. The average Bonchev–Trinajstić information content (AvgIpc) is 2.66. The van der Waals surface area contributed by atoms with Crippen LogP contribution in [0.15, 0.2) is 42.7 Å². The van der Waals surface area contributed by atoms with Gasteiger partial charge in [0.1, 0.15) is 4.95 Å². The topological polar surface area (TPSA) is 49.3 Å². The van der Waals surface area contributed by atoms with Crippen LogP contribution in [0, 0.1) is 11.8 Å². The number of carbonyl (C=O) groups excluding carboxylic acids is 1. The molecule has 1 amide bonds. The summed E-state index contributed by atoms with van der Waals surface area (Å²) in [6, 6.07) is 8.55. The minimum atomic E-state index is -1.48.